The van der Waals surface area contributed by atoms with E-state index in [1.807, 2.05) is 55.1 Å². The largest absolute Gasteiger partial charge is 0.486 e. The van der Waals surface area contributed by atoms with Gasteiger partial charge in [0.15, 0.2) is 30.4 Å². The monoisotopic (exact) mass is 635 g/mol. The summed E-state index contributed by atoms with van der Waals surface area (Å²) in [5.74, 6) is -2.54. The highest BCUT2D eigenvalue weighted by atomic mass is 19.2. The van der Waals surface area contributed by atoms with Gasteiger partial charge in [0.2, 0.25) is 17.2 Å². The number of likely N-dealkylation sites (tertiary alicyclic amines) is 1. The second-order valence-electron chi connectivity index (χ2n) is 12.8. The Bertz CT molecular complexity index is 1780. The maximum Gasteiger partial charge on any atom is 0.218 e. The molecule has 46 heavy (non-hydrogen) atoms. The second-order valence-corrected chi connectivity index (χ2v) is 12.8. The van der Waals surface area contributed by atoms with Gasteiger partial charge in [0.1, 0.15) is 24.1 Å². The number of hydrogen-bond donors (Lipinski definition) is 1. The number of carbonyl (C=O) groups is 1. The molecule has 4 unspecified atom stereocenters. The predicted octanol–water partition coefficient (Wildman–Crippen LogP) is 3.70. The fraction of sp³-hybridized carbons (Fsp3) is 0.471. The summed E-state index contributed by atoms with van der Waals surface area (Å²) in [6.07, 6.45) is 15.8. The maximum absolute atomic E-state index is 14.7. The summed E-state index contributed by atoms with van der Waals surface area (Å²) in [5, 5.41) is 3.00. The van der Waals surface area contributed by atoms with E-state index in [0.717, 1.165) is 36.7 Å². The smallest absolute Gasteiger partial charge is 0.218 e. The first kappa shape index (κ1) is 31.7. The van der Waals surface area contributed by atoms with Crippen molar-refractivity contribution in [3.63, 3.8) is 0 Å². The predicted molar refractivity (Wildman–Crippen MR) is 172 cm³/mol. The van der Waals surface area contributed by atoms with Crippen LogP contribution in [0, 0.1) is 11.6 Å². The zero-order chi connectivity index (χ0) is 32.7. The van der Waals surface area contributed by atoms with Crippen LogP contribution in [0.2, 0.25) is 0 Å². The zero-order valence-corrected chi connectivity index (χ0v) is 26.9. The molecule has 6 rings (SSSR count). The molecule has 1 N–H and O–H groups in total. The highest BCUT2D eigenvalue weighted by Crippen LogP contribution is 2.35. The van der Waals surface area contributed by atoms with E-state index in [-0.39, 0.29) is 52.9 Å². The van der Waals surface area contributed by atoms with E-state index in [4.69, 9.17) is 9.47 Å². The number of piperidine rings is 1. The molecule has 5 heterocycles. The first-order valence-electron chi connectivity index (χ1n) is 15.7. The number of nitrogens with one attached hydrogen (secondary N) is 1. The van der Waals surface area contributed by atoms with E-state index in [9.17, 15) is 18.4 Å². The normalized spacial score (nSPS) is 26.2. The molecule has 1 aromatic heterocycles. The number of hydrogen-bond acceptors (Lipinski definition) is 7. The number of aromatic nitrogens is 1. The molecule has 2 aromatic rings. The van der Waals surface area contributed by atoms with Crippen molar-refractivity contribution in [3.05, 3.63) is 75.4 Å². The third kappa shape index (κ3) is 6.10. The number of ether oxygens (including phenoxy) is 2. The van der Waals surface area contributed by atoms with Gasteiger partial charge >= 0.3 is 0 Å². The van der Waals surface area contributed by atoms with Crippen LogP contribution in [0.1, 0.15) is 51.6 Å². The minimum Gasteiger partial charge on any atom is -0.486 e. The lowest BCUT2D eigenvalue weighted by Gasteiger charge is -2.36. The molecule has 4 aliphatic rings. The van der Waals surface area contributed by atoms with Crippen LogP contribution in [0.4, 0.5) is 8.78 Å². The van der Waals surface area contributed by atoms with Gasteiger partial charge < -0.3 is 29.2 Å². The Morgan fingerprint density at radius 2 is 2.15 bits per heavy atom. The van der Waals surface area contributed by atoms with E-state index in [2.05, 4.69) is 31.9 Å². The molecule has 1 fully saturated rings. The van der Waals surface area contributed by atoms with Crippen molar-refractivity contribution in [1.82, 2.24) is 19.7 Å². The van der Waals surface area contributed by atoms with Crippen LogP contribution in [0.3, 0.4) is 0 Å². The first-order valence-corrected chi connectivity index (χ1v) is 15.7. The van der Waals surface area contributed by atoms with Gasteiger partial charge in [0.05, 0.1) is 29.2 Å². The van der Waals surface area contributed by atoms with Crippen LogP contribution in [0.15, 0.2) is 57.7 Å². The number of rotatable bonds is 7. The summed E-state index contributed by atoms with van der Waals surface area (Å²) in [6, 6.07) is 0.821. The van der Waals surface area contributed by atoms with Crippen molar-refractivity contribution in [1.29, 1.82) is 0 Å². The summed E-state index contributed by atoms with van der Waals surface area (Å²) >= 11 is 0. The van der Waals surface area contributed by atoms with Crippen molar-refractivity contribution >= 4 is 29.2 Å². The van der Waals surface area contributed by atoms with Gasteiger partial charge in [-0.25, -0.2) is 8.97 Å². The van der Waals surface area contributed by atoms with Gasteiger partial charge in [-0.2, -0.15) is 4.39 Å². The van der Waals surface area contributed by atoms with Crippen molar-refractivity contribution in [2.24, 2.45) is 4.99 Å². The molecular formula is C34H41F2N6O4+. The van der Waals surface area contributed by atoms with Gasteiger partial charge in [-0.15, -0.1) is 0 Å². The Kier molecular flexibility index (Phi) is 8.58. The summed E-state index contributed by atoms with van der Waals surface area (Å²) in [7, 11) is 3.61. The molecule has 4 atom stereocenters. The van der Waals surface area contributed by atoms with Crippen LogP contribution < -0.4 is 15.5 Å². The fourth-order valence-corrected chi connectivity index (χ4v) is 6.72. The summed E-state index contributed by atoms with van der Waals surface area (Å²) in [4.78, 5) is 34.5. The average molecular weight is 636 g/mol. The Labute approximate surface area is 267 Å². The molecule has 4 aliphatic heterocycles. The molecule has 0 bridgehead atoms. The van der Waals surface area contributed by atoms with Crippen molar-refractivity contribution in [2.45, 2.75) is 64.0 Å². The molecule has 0 spiro atoms. The summed E-state index contributed by atoms with van der Waals surface area (Å²) in [5.41, 5.74) is 1.64. The van der Waals surface area contributed by atoms with Crippen LogP contribution in [0.5, 0.6) is 5.75 Å². The SMILES string of the molecule is COC1C=C(C[N+](=Cc2cn3c4c(c(F)c(F)cc4c2=O)OCC3C)C2CCCN(C3=CCC(C)(NC(C)=O)N=C3)C2)C=CN1C. The third-order valence-electron chi connectivity index (χ3n) is 9.20. The number of nitrogens with zero attached hydrogens (tertiary/aromatic N) is 5. The van der Waals surface area contributed by atoms with Crippen LogP contribution >= 0.6 is 0 Å². The number of carbonyl (C=O) groups excluding carboxylic acids is 1. The molecule has 12 heteroatoms. The lowest BCUT2D eigenvalue weighted by Crippen LogP contribution is -2.47. The highest BCUT2D eigenvalue weighted by Gasteiger charge is 2.33. The first-order chi connectivity index (χ1) is 22.0. The van der Waals surface area contributed by atoms with E-state index in [0.29, 0.717) is 25.1 Å². The van der Waals surface area contributed by atoms with Crippen LogP contribution in [-0.4, -0.2) is 95.6 Å². The molecule has 0 radical (unpaired) electrons. The molecule has 244 valence electrons. The molecule has 10 nitrogen and oxygen atoms in total. The van der Waals surface area contributed by atoms with Crippen molar-refractivity contribution in [2.75, 3.05) is 40.4 Å². The van der Waals surface area contributed by atoms with E-state index < -0.39 is 17.3 Å². The quantitative estimate of drug-likeness (QED) is 0.369. The Balaban J connectivity index is 1.39. The topological polar surface area (TPSA) is 91.4 Å². The van der Waals surface area contributed by atoms with Crippen LogP contribution in [0.25, 0.3) is 10.9 Å². The molecule has 1 saturated heterocycles. The van der Waals surface area contributed by atoms with Crippen molar-refractivity contribution < 1.29 is 27.6 Å². The van der Waals surface area contributed by atoms with Crippen LogP contribution in [-0.2, 0) is 9.53 Å². The average Bonchev–Trinajstić information content (AvgIpc) is 3.03. The van der Waals surface area contributed by atoms with Crippen molar-refractivity contribution in [3.8, 4) is 5.75 Å². The Morgan fingerprint density at radius 1 is 1.35 bits per heavy atom. The second kappa shape index (κ2) is 12.5. The number of amides is 1. The number of halogens is 2. The summed E-state index contributed by atoms with van der Waals surface area (Å²) in [6.45, 7) is 7.52. The zero-order valence-electron chi connectivity index (χ0n) is 26.9. The number of benzene rings is 1. The number of allylic oxidation sites excluding steroid dienone is 1. The number of likely N-dealkylation sites (N-methyl/N-ethyl adjacent to an activating group) is 1. The maximum atomic E-state index is 14.7. The van der Waals surface area contributed by atoms with Gasteiger partial charge in [-0.1, -0.05) is 6.08 Å². The fourth-order valence-electron chi connectivity index (χ4n) is 6.72. The van der Waals surface area contributed by atoms with Gasteiger partial charge in [-0.05, 0) is 38.5 Å². The van der Waals surface area contributed by atoms with Gasteiger partial charge in [0, 0.05) is 64.7 Å². The number of methoxy groups -OCH3 is 1. The van der Waals surface area contributed by atoms with E-state index in [1.54, 1.807) is 13.3 Å². The molecule has 1 amide bonds. The third-order valence-corrected chi connectivity index (χ3v) is 9.20. The summed E-state index contributed by atoms with van der Waals surface area (Å²) < 4.78 is 44.6. The lowest BCUT2D eigenvalue weighted by molar-refractivity contribution is -0.557. The highest BCUT2D eigenvalue weighted by molar-refractivity contribution is 5.90. The Hall–Kier alpha value is -4.32. The Morgan fingerprint density at radius 3 is 2.87 bits per heavy atom. The molecule has 1 aromatic carbocycles. The minimum absolute atomic E-state index is 0.0272. The van der Waals surface area contributed by atoms with E-state index in [1.165, 1.54) is 6.92 Å². The van der Waals surface area contributed by atoms with Gasteiger partial charge in [0.25, 0.3) is 0 Å². The minimum atomic E-state index is -1.11. The molecule has 0 saturated carbocycles. The lowest BCUT2D eigenvalue weighted by atomic mass is 10.0. The number of dihydropyridines is 1. The van der Waals surface area contributed by atoms with E-state index >= 15 is 0 Å². The molecule has 0 aliphatic carbocycles. The number of aliphatic imine (C=N–C) groups is 1. The van der Waals surface area contributed by atoms with Gasteiger partial charge in [-0.3, -0.25) is 14.6 Å². The number of pyridine rings is 1. The standard InChI is InChI=1S/C34H40F2N6O4/c1-21-20-46-33-30(36)28(35)14-27-31(33)42(21)18-24(32(27)44)17-41(16-23-9-12-39(4)29(13-23)45-5)26-7-6-11-40(19-26)25-8-10-34(3,37-15-25)38-22(2)43/h8-9,12-15,17-18,21,26,29H,6-7,10-11,16,19-20H2,1-5H3/p+1. The molecular weight excluding hydrogens is 594 g/mol.